The molecule has 0 heterocycles. The molecule has 0 aliphatic heterocycles. The Hall–Kier alpha value is 0.700. The maximum atomic E-state index is 4.43. The summed E-state index contributed by atoms with van der Waals surface area (Å²) in [6.07, 6.45) is 3.62. The van der Waals surface area contributed by atoms with Crippen LogP contribution in [0.25, 0.3) is 0 Å². The molecule has 0 aromatic rings. The summed E-state index contributed by atoms with van der Waals surface area (Å²) in [5.74, 6) is 0. The Morgan fingerprint density at radius 1 is 1.40 bits per heavy atom. The highest BCUT2D eigenvalue weighted by atomic mass is 32.1. The highest BCUT2D eigenvalue weighted by molar-refractivity contribution is 7.81. The minimum absolute atomic E-state index is 0.197. The van der Waals surface area contributed by atoms with Gasteiger partial charge in [-0.05, 0) is 18.1 Å². The third-order valence-corrected chi connectivity index (χ3v) is 1.89. The number of hydrogen-bond acceptors (Lipinski definition) is 2. The molecule has 0 N–H and O–H groups in total. The van der Waals surface area contributed by atoms with Gasteiger partial charge in [-0.15, -0.1) is 0 Å². The average Bonchev–Trinajstić information content (AvgIpc) is 1.59. The SMILES string of the molecule is CC(S)CCCC(C)(C)S. The maximum absolute atomic E-state index is 4.43. The van der Waals surface area contributed by atoms with Crippen LogP contribution < -0.4 is 0 Å². The van der Waals surface area contributed by atoms with E-state index in [0.29, 0.717) is 5.25 Å². The van der Waals surface area contributed by atoms with Crippen molar-refractivity contribution in [3.63, 3.8) is 0 Å². The van der Waals surface area contributed by atoms with Crippen LogP contribution in [0.2, 0.25) is 0 Å². The first-order chi connectivity index (χ1) is 4.42. The summed E-state index contributed by atoms with van der Waals surface area (Å²) >= 11 is 8.73. The molecule has 1 unspecified atom stereocenters. The van der Waals surface area contributed by atoms with Crippen molar-refractivity contribution >= 4 is 25.3 Å². The molecule has 0 amide bonds. The molecular formula is C8H18S2. The normalized spacial score (nSPS) is 15.3. The van der Waals surface area contributed by atoms with Crippen molar-refractivity contribution in [2.24, 2.45) is 0 Å². The Labute approximate surface area is 75.6 Å². The Morgan fingerprint density at radius 2 is 1.90 bits per heavy atom. The lowest BCUT2D eigenvalue weighted by Gasteiger charge is -2.16. The van der Waals surface area contributed by atoms with Gasteiger partial charge in [-0.2, -0.15) is 25.3 Å². The molecular weight excluding hydrogens is 160 g/mol. The van der Waals surface area contributed by atoms with Gasteiger partial charge >= 0.3 is 0 Å². The lowest BCUT2D eigenvalue weighted by atomic mass is 10.0. The zero-order valence-electron chi connectivity index (χ0n) is 7.09. The molecule has 0 radical (unpaired) electrons. The minimum atomic E-state index is 0.197. The molecule has 1 atom stereocenters. The molecule has 0 aromatic heterocycles. The van der Waals surface area contributed by atoms with E-state index in [1.165, 1.54) is 19.3 Å². The molecule has 0 nitrogen and oxygen atoms in total. The van der Waals surface area contributed by atoms with Crippen molar-refractivity contribution in [2.45, 2.75) is 50.0 Å². The van der Waals surface area contributed by atoms with Crippen molar-refractivity contribution in [1.29, 1.82) is 0 Å². The molecule has 2 heteroatoms. The first-order valence-corrected chi connectivity index (χ1v) is 4.78. The lowest BCUT2D eigenvalue weighted by molar-refractivity contribution is 0.581. The summed E-state index contributed by atoms with van der Waals surface area (Å²) in [6.45, 7) is 6.44. The van der Waals surface area contributed by atoms with E-state index >= 15 is 0 Å². The summed E-state index contributed by atoms with van der Waals surface area (Å²) in [4.78, 5) is 0. The quantitative estimate of drug-likeness (QED) is 0.607. The fourth-order valence-electron chi connectivity index (χ4n) is 0.830. The van der Waals surface area contributed by atoms with Crippen LogP contribution in [0.5, 0.6) is 0 Å². The maximum Gasteiger partial charge on any atom is 0.00731 e. The zero-order valence-corrected chi connectivity index (χ0v) is 8.88. The second-order valence-corrected chi connectivity index (χ2v) is 5.65. The van der Waals surface area contributed by atoms with E-state index in [-0.39, 0.29) is 4.75 Å². The van der Waals surface area contributed by atoms with Crippen LogP contribution in [0.4, 0.5) is 0 Å². The smallest absolute Gasteiger partial charge is 0.00731 e. The van der Waals surface area contributed by atoms with Gasteiger partial charge in [-0.1, -0.05) is 27.2 Å². The Balaban J connectivity index is 3.21. The van der Waals surface area contributed by atoms with Gasteiger partial charge in [-0.3, -0.25) is 0 Å². The Kier molecular flexibility index (Phi) is 4.87. The van der Waals surface area contributed by atoms with E-state index in [1.54, 1.807) is 0 Å². The first-order valence-electron chi connectivity index (χ1n) is 3.82. The van der Waals surface area contributed by atoms with Crippen molar-refractivity contribution in [2.75, 3.05) is 0 Å². The number of hydrogen-bond donors (Lipinski definition) is 2. The fourth-order valence-corrected chi connectivity index (χ4v) is 1.17. The average molecular weight is 178 g/mol. The predicted molar refractivity (Wildman–Crippen MR) is 55.4 cm³/mol. The molecule has 0 aliphatic carbocycles. The van der Waals surface area contributed by atoms with Crippen molar-refractivity contribution < 1.29 is 0 Å². The van der Waals surface area contributed by atoms with Crippen LogP contribution in [-0.4, -0.2) is 10.00 Å². The molecule has 0 rings (SSSR count). The van der Waals surface area contributed by atoms with Crippen molar-refractivity contribution in [3.05, 3.63) is 0 Å². The number of thiol groups is 2. The van der Waals surface area contributed by atoms with Crippen molar-refractivity contribution in [3.8, 4) is 0 Å². The van der Waals surface area contributed by atoms with Gasteiger partial charge in [-0.25, -0.2) is 0 Å². The molecule has 0 fully saturated rings. The van der Waals surface area contributed by atoms with Crippen LogP contribution >= 0.6 is 25.3 Å². The molecule has 0 spiro atoms. The number of rotatable bonds is 4. The summed E-state index contributed by atoms with van der Waals surface area (Å²) in [6, 6.07) is 0. The topological polar surface area (TPSA) is 0 Å². The zero-order chi connectivity index (χ0) is 8.20. The summed E-state index contributed by atoms with van der Waals surface area (Å²) in [5.41, 5.74) is 0. The summed E-state index contributed by atoms with van der Waals surface area (Å²) in [7, 11) is 0. The Morgan fingerprint density at radius 3 is 2.20 bits per heavy atom. The van der Waals surface area contributed by atoms with Crippen LogP contribution in [0.1, 0.15) is 40.0 Å². The van der Waals surface area contributed by atoms with Crippen LogP contribution in [0.3, 0.4) is 0 Å². The van der Waals surface area contributed by atoms with Gasteiger partial charge in [0.1, 0.15) is 0 Å². The summed E-state index contributed by atoms with van der Waals surface area (Å²) < 4.78 is 0.197. The molecule has 0 aromatic carbocycles. The molecule has 10 heavy (non-hydrogen) atoms. The highest BCUT2D eigenvalue weighted by Gasteiger charge is 2.10. The van der Waals surface area contributed by atoms with Gasteiger partial charge in [0, 0.05) is 4.75 Å². The molecule has 0 bridgehead atoms. The first kappa shape index (κ1) is 10.7. The standard InChI is InChI=1S/C8H18S2/c1-7(9)5-4-6-8(2,3)10/h7,9-10H,4-6H2,1-3H3. The van der Waals surface area contributed by atoms with Gasteiger partial charge in [0.2, 0.25) is 0 Å². The highest BCUT2D eigenvalue weighted by Crippen LogP contribution is 2.21. The van der Waals surface area contributed by atoms with E-state index in [1.807, 2.05) is 0 Å². The van der Waals surface area contributed by atoms with E-state index in [0.717, 1.165) is 0 Å². The second-order valence-electron chi connectivity index (χ2n) is 3.55. The minimum Gasteiger partial charge on any atom is -0.176 e. The lowest BCUT2D eigenvalue weighted by Crippen LogP contribution is -2.10. The van der Waals surface area contributed by atoms with E-state index < -0.39 is 0 Å². The molecule has 0 saturated heterocycles. The van der Waals surface area contributed by atoms with Crippen LogP contribution in [0, 0.1) is 0 Å². The van der Waals surface area contributed by atoms with Crippen LogP contribution in [0.15, 0.2) is 0 Å². The van der Waals surface area contributed by atoms with E-state index in [4.69, 9.17) is 0 Å². The van der Waals surface area contributed by atoms with Gasteiger partial charge in [0.25, 0.3) is 0 Å². The molecule has 0 aliphatic rings. The summed E-state index contributed by atoms with van der Waals surface area (Å²) in [5, 5.41) is 0.538. The van der Waals surface area contributed by atoms with Crippen molar-refractivity contribution in [1.82, 2.24) is 0 Å². The third kappa shape index (κ3) is 8.70. The Bertz CT molecular complexity index is 81.7. The van der Waals surface area contributed by atoms with E-state index in [2.05, 4.69) is 46.0 Å². The predicted octanol–water partition coefficient (Wildman–Crippen LogP) is 3.18. The largest absolute Gasteiger partial charge is 0.176 e. The van der Waals surface area contributed by atoms with Gasteiger partial charge in [0.15, 0.2) is 0 Å². The van der Waals surface area contributed by atoms with Crippen LogP contribution in [-0.2, 0) is 0 Å². The monoisotopic (exact) mass is 178 g/mol. The fraction of sp³-hybridized carbons (Fsp3) is 1.00. The van der Waals surface area contributed by atoms with Gasteiger partial charge in [0.05, 0.1) is 0 Å². The van der Waals surface area contributed by atoms with Gasteiger partial charge < -0.3 is 0 Å². The second kappa shape index (κ2) is 4.55. The van der Waals surface area contributed by atoms with E-state index in [9.17, 15) is 0 Å². The molecule has 62 valence electrons. The third-order valence-electron chi connectivity index (χ3n) is 1.41. The molecule has 0 saturated carbocycles.